The van der Waals surface area contributed by atoms with Crippen LogP contribution in [0.2, 0.25) is 0 Å². The quantitative estimate of drug-likeness (QED) is 0.781. The molecule has 0 saturated heterocycles. The van der Waals surface area contributed by atoms with E-state index in [-0.39, 0.29) is 5.56 Å². The minimum absolute atomic E-state index is 0.121. The SMILES string of the molecule is Cc1ccc(Cc2c[nH]c(=S)[nH]c2=O)cc1. The molecule has 0 radical (unpaired) electrons. The van der Waals surface area contributed by atoms with Gasteiger partial charge in [0.05, 0.1) is 0 Å². The molecule has 0 bridgehead atoms. The van der Waals surface area contributed by atoms with Crippen molar-refractivity contribution in [3.8, 4) is 0 Å². The number of hydrogen-bond donors (Lipinski definition) is 2. The summed E-state index contributed by atoms with van der Waals surface area (Å²) in [6.07, 6.45) is 2.28. The fourth-order valence-electron chi connectivity index (χ4n) is 1.49. The molecule has 2 rings (SSSR count). The van der Waals surface area contributed by atoms with Gasteiger partial charge < -0.3 is 4.98 Å². The second kappa shape index (κ2) is 4.45. The number of hydrogen-bond acceptors (Lipinski definition) is 2. The number of aromatic nitrogens is 2. The Morgan fingerprint density at radius 1 is 1.25 bits per heavy atom. The van der Waals surface area contributed by atoms with Crippen molar-refractivity contribution < 1.29 is 0 Å². The summed E-state index contributed by atoms with van der Waals surface area (Å²) in [7, 11) is 0. The topological polar surface area (TPSA) is 48.6 Å². The first-order chi connectivity index (χ1) is 7.65. The van der Waals surface area contributed by atoms with Crippen LogP contribution in [-0.2, 0) is 6.42 Å². The van der Waals surface area contributed by atoms with Crippen LogP contribution < -0.4 is 5.56 Å². The van der Waals surface area contributed by atoms with Crippen LogP contribution in [0, 0.1) is 11.7 Å². The molecule has 0 amide bonds. The van der Waals surface area contributed by atoms with Gasteiger partial charge in [0.15, 0.2) is 4.77 Å². The Labute approximate surface area is 98.2 Å². The fourth-order valence-corrected chi connectivity index (χ4v) is 1.65. The van der Waals surface area contributed by atoms with Crippen molar-refractivity contribution in [3.05, 3.63) is 62.3 Å². The second-order valence-corrected chi connectivity index (χ2v) is 4.17. The predicted octanol–water partition coefficient (Wildman–Crippen LogP) is 2.33. The maximum Gasteiger partial charge on any atom is 0.255 e. The van der Waals surface area contributed by atoms with Gasteiger partial charge in [-0.15, -0.1) is 0 Å². The average Bonchev–Trinajstić information content (AvgIpc) is 2.25. The van der Waals surface area contributed by atoms with Gasteiger partial charge in [0.1, 0.15) is 0 Å². The van der Waals surface area contributed by atoms with Crippen molar-refractivity contribution in [3.63, 3.8) is 0 Å². The monoisotopic (exact) mass is 232 g/mol. The van der Waals surface area contributed by atoms with E-state index in [1.807, 2.05) is 31.2 Å². The van der Waals surface area contributed by atoms with Gasteiger partial charge in [-0.05, 0) is 24.7 Å². The lowest BCUT2D eigenvalue weighted by atomic mass is 10.1. The van der Waals surface area contributed by atoms with Crippen LogP contribution in [0.25, 0.3) is 0 Å². The van der Waals surface area contributed by atoms with Crippen molar-refractivity contribution >= 4 is 12.2 Å². The molecule has 3 nitrogen and oxygen atoms in total. The Balaban J connectivity index is 2.30. The predicted molar refractivity (Wildman–Crippen MR) is 66.2 cm³/mol. The number of aromatic amines is 2. The Morgan fingerprint density at radius 2 is 1.94 bits per heavy atom. The third-order valence-corrected chi connectivity index (χ3v) is 2.63. The first-order valence-corrected chi connectivity index (χ1v) is 5.42. The van der Waals surface area contributed by atoms with Crippen molar-refractivity contribution in [2.75, 3.05) is 0 Å². The van der Waals surface area contributed by atoms with Crippen molar-refractivity contribution in [2.45, 2.75) is 13.3 Å². The molecule has 0 fully saturated rings. The second-order valence-electron chi connectivity index (χ2n) is 3.76. The molecule has 2 aromatic rings. The molecular formula is C12H12N2OS. The van der Waals surface area contributed by atoms with Crippen molar-refractivity contribution in [1.82, 2.24) is 9.97 Å². The van der Waals surface area contributed by atoms with E-state index in [4.69, 9.17) is 12.2 Å². The highest BCUT2D eigenvalue weighted by atomic mass is 32.1. The summed E-state index contributed by atoms with van der Waals surface area (Å²) >= 11 is 4.83. The van der Waals surface area contributed by atoms with E-state index in [1.165, 1.54) is 5.56 Å². The van der Waals surface area contributed by atoms with Gasteiger partial charge in [0.2, 0.25) is 0 Å². The van der Waals surface area contributed by atoms with Crippen LogP contribution in [0.15, 0.2) is 35.3 Å². The van der Waals surface area contributed by atoms with E-state index in [9.17, 15) is 4.79 Å². The van der Waals surface area contributed by atoms with Crippen LogP contribution in [0.4, 0.5) is 0 Å². The lowest BCUT2D eigenvalue weighted by molar-refractivity contribution is 1.01. The Morgan fingerprint density at radius 3 is 2.56 bits per heavy atom. The molecule has 1 aromatic carbocycles. The normalized spacial score (nSPS) is 10.3. The minimum atomic E-state index is -0.121. The molecule has 1 heterocycles. The zero-order chi connectivity index (χ0) is 11.5. The van der Waals surface area contributed by atoms with Gasteiger partial charge >= 0.3 is 0 Å². The zero-order valence-corrected chi connectivity index (χ0v) is 9.73. The number of aryl methyl sites for hydroxylation is 1. The van der Waals surface area contributed by atoms with E-state index >= 15 is 0 Å². The van der Waals surface area contributed by atoms with Crippen LogP contribution >= 0.6 is 12.2 Å². The van der Waals surface area contributed by atoms with E-state index < -0.39 is 0 Å². The highest BCUT2D eigenvalue weighted by molar-refractivity contribution is 7.71. The lowest BCUT2D eigenvalue weighted by Gasteiger charge is -2.01. The van der Waals surface area contributed by atoms with Gasteiger partial charge in [0.25, 0.3) is 5.56 Å². The molecule has 0 unspecified atom stereocenters. The molecule has 16 heavy (non-hydrogen) atoms. The number of nitrogens with one attached hydrogen (secondary N) is 2. The maximum absolute atomic E-state index is 11.6. The Hall–Kier alpha value is -1.68. The van der Waals surface area contributed by atoms with Crippen molar-refractivity contribution in [2.24, 2.45) is 0 Å². The third-order valence-electron chi connectivity index (χ3n) is 2.41. The Kier molecular flexibility index (Phi) is 3.01. The summed E-state index contributed by atoms with van der Waals surface area (Å²) in [6.45, 7) is 2.04. The molecule has 0 aliphatic heterocycles. The molecule has 2 N–H and O–H groups in total. The molecule has 0 aliphatic carbocycles. The summed E-state index contributed by atoms with van der Waals surface area (Å²) in [5.74, 6) is 0. The fraction of sp³-hybridized carbons (Fsp3) is 0.167. The summed E-state index contributed by atoms with van der Waals surface area (Å²) in [5, 5.41) is 0. The summed E-state index contributed by atoms with van der Waals surface area (Å²) < 4.78 is 0.359. The Bertz CT molecular complexity index is 595. The molecule has 1 aromatic heterocycles. The van der Waals surface area contributed by atoms with Crippen LogP contribution in [0.3, 0.4) is 0 Å². The van der Waals surface area contributed by atoms with Gasteiger partial charge in [0, 0.05) is 18.2 Å². The number of H-pyrrole nitrogens is 2. The summed E-state index contributed by atoms with van der Waals surface area (Å²) in [5.41, 5.74) is 2.90. The highest BCUT2D eigenvalue weighted by Gasteiger charge is 2.00. The smallest absolute Gasteiger partial charge is 0.255 e. The van der Waals surface area contributed by atoms with Gasteiger partial charge in [-0.25, -0.2) is 0 Å². The highest BCUT2D eigenvalue weighted by Crippen LogP contribution is 2.06. The lowest BCUT2D eigenvalue weighted by Crippen LogP contribution is -2.13. The first-order valence-electron chi connectivity index (χ1n) is 5.01. The van der Waals surface area contributed by atoms with E-state index in [0.717, 1.165) is 5.56 Å². The standard InChI is InChI=1S/C12H12N2OS/c1-8-2-4-9(5-3-8)6-10-7-13-12(16)14-11(10)15/h2-5,7H,6H2,1H3,(H2,13,14,15,16). The van der Waals surface area contributed by atoms with Crippen LogP contribution in [-0.4, -0.2) is 9.97 Å². The number of rotatable bonds is 2. The van der Waals surface area contributed by atoms with E-state index in [2.05, 4.69) is 9.97 Å². The maximum atomic E-state index is 11.6. The first kappa shape index (κ1) is 10.8. The molecular weight excluding hydrogens is 220 g/mol. The van der Waals surface area contributed by atoms with Gasteiger partial charge in [-0.1, -0.05) is 29.8 Å². The minimum Gasteiger partial charge on any atom is -0.338 e. The van der Waals surface area contributed by atoms with E-state index in [0.29, 0.717) is 16.8 Å². The molecule has 0 aliphatic rings. The van der Waals surface area contributed by atoms with Crippen LogP contribution in [0.1, 0.15) is 16.7 Å². The largest absolute Gasteiger partial charge is 0.338 e. The molecule has 0 saturated carbocycles. The average molecular weight is 232 g/mol. The van der Waals surface area contributed by atoms with Crippen LogP contribution in [0.5, 0.6) is 0 Å². The summed E-state index contributed by atoms with van der Waals surface area (Å²) in [6, 6.07) is 8.12. The molecule has 0 spiro atoms. The van der Waals surface area contributed by atoms with Crippen molar-refractivity contribution in [1.29, 1.82) is 0 Å². The molecule has 0 atom stereocenters. The molecule has 4 heteroatoms. The van der Waals surface area contributed by atoms with Gasteiger partial charge in [-0.2, -0.15) is 0 Å². The molecule has 82 valence electrons. The zero-order valence-electron chi connectivity index (χ0n) is 8.91. The summed E-state index contributed by atoms with van der Waals surface area (Å²) in [4.78, 5) is 17.0. The van der Waals surface area contributed by atoms with Gasteiger partial charge in [-0.3, -0.25) is 9.78 Å². The third kappa shape index (κ3) is 2.46. The number of benzene rings is 1. The van der Waals surface area contributed by atoms with E-state index in [1.54, 1.807) is 6.20 Å².